The lowest BCUT2D eigenvalue weighted by Crippen LogP contribution is -2.57. The van der Waals surface area contributed by atoms with Crippen molar-refractivity contribution in [1.82, 2.24) is 9.88 Å². The van der Waals surface area contributed by atoms with Gasteiger partial charge in [-0.15, -0.1) is 0 Å². The van der Waals surface area contributed by atoms with Gasteiger partial charge >= 0.3 is 0 Å². The van der Waals surface area contributed by atoms with Crippen molar-refractivity contribution in [1.29, 1.82) is 0 Å². The van der Waals surface area contributed by atoms with Crippen molar-refractivity contribution in [2.75, 3.05) is 19.6 Å². The molecule has 4 nitrogen and oxygen atoms in total. The van der Waals surface area contributed by atoms with E-state index in [0.29, 0.717) is 18.7 Å². The second kappa shape index (κ2) is 5.81. The molecule has 0 amide bonds. The van der Waals surface area contributed by atoms with E-state index >= 15 is 0 Å². The number of nitrogens with zero attached hydrogens (tertiary/aromatic N) is 2. The van der Waals surface area contributed by atoms with Crippen molar-refractivity contribution in [2.45, 2.75) is 45.3 Å². The number of carbonyl (C=O) groups excluding carboxylic acids is 1. The van der Waals surface area contributed by atoms with Gasteiger partial charge in [0.15, 0.2) is 5.78 Å². The average Bonchev–Trinajstić information content (AvgIpc) is 2.33. The Labute approximate surface area is 125 Å². The third-order valence-corrected chi connectivity index (χ3v) is 3.43. The topological polar surface area (TPSA) is 42.4 Å². The lowest BCUT2D eigenvalue weighted by molar-refractivity contribution is -0.180. The van der Waals surface area contributed by atoms with Gasteiger partial charge in [0.2, 0.25) is 0 Å². The van der Waals surface area contributed by atoms with E-state index in [-0.39, 0.29) is 17.0 Å². The van der Waals surface area contributed by atoms with E-state index in [2.05, 4.69) is 37.6 Å². The molecule has 1 fully saturated rings. The molecule has 2 rings (SSSR count). The van der Waals surface area contributed by atoms with Crippen LogP contribution in [-0.2, 0) is 4.74 Å². The van der Waals surface area contributed by atoms with Crippen LogP contribution in [0.15, 0.2) is 18.3 Å². The summed E-state index contributed by atoms with van der Waals surface area (Å²) in [5.74, 6) is -0.486. The summed E-state index contributed by atoms with van der Waals surface area (Å²) in [6.07, 6.45) is 1.46. The van der Waals surface area contributed by atoms with Crippen LogP contribution in [0, 0.1) is 5.82 Å². The first-order chi connectivity index (χ1) is 9.67. The van der Waals surface area contributed by atoms with E-state index in [9.17, 15) is 9.18 Å². The summed E-state index contributed by atoms with van der Waals surface area (Å²) in [6.45, 7) is 10.5. The number of morpholine rings is 1. The molecule has 1 aromatic heterocycles. The lowest BCUT2D eigenvalue weighted by Gasteiger charge is -2.47. The molecule has 0 N–H and O–H groups in total. The Morgan fingerprint density at radius 1 is 1.29 bits per heavy atom. The van der Waals surface area contributed by atoms with E-state index in [1.807, 2.05) is 0 Å². The summed E-state index contributed by atoms with van der Waals surface area (Å²) in [4.78, 5) is 18.2. The number of ether oxygens (including phenoxy) is 1. The van der Waals surface area contributed by atoms with Gasteiger partial charge in [0, 0.05) is 26.1 Å². The second-order valence-corrected chi connectivity index (χ2v) is 6.87. The van der Waals surface area contributed by atoms with Crippen LogP contribution in [-0.4, -0.2) is 46.5 Å². The predicted octanol–water partition coefficient (Wildman–Crippen LogP) is 2.68. The third-order valence-electron chi connectivity index (χ3n) is 3.43. The molecule has 1 aliphatic rings. The van der Waals surface area contributed by atoms with E-state index in [0.717, 1.165) is 19.3 Å². The molecule has 5 heteroatoms. The van der Waals surface area contributed by atoms with Crippen LogP contribution in [0.4, 0.5) is 4.39 Å². The summed E-state index contributed by atoms with van der Waals surface area (Å²) in [7, 11) is 0. The highest BCUT2D eigenvalue weighted by molar-refractivity contribution is 5.94. The Morgan fingerprint density at radius 3 is 2.43 bits per heavy atom. The van der Waals surface area contributed by atoms with E-state index in [1.54, 1.807) is 0 Å². The van der Waals surface area contributed by atoms with Gasteiger partial charge in [0.1, 0.15) is 11.5 Å². The Morgan fingerprint density at radius 2 is 1.90 bits per heavy atom. The maximum absolute atomic E-state index is 12.8. The number of hydrogen-bond acceptors (Lipinski definition) is 4. The van der Waals surface area contributed by atoms with E-state index < -0.39 is 5.82 Å². The Bertz CT molecular complexity index is 496. The summed E-state index contributed by atoms with van der Waals surface area (Å²) < 4.78 is 18.8. The Balaban J connectivity index is 1.93. The van der Waals surface area contributed by atoms with E-state index in [4.69, 9.17) is 4.74 Å². The fourth-order valence-corrected chi connectivity index (χ4v) is 3.03. The van der Waals surface area contributed by atoms with Crippen molar-refractivity contribution in [3.8, 4) is 0 Å². The van der Waals surface area contributed by atoms with Crippen molar-refractivity contribution in [3.63, 3.8) is 0 Å². The molecule has 0 unspecified atom stereocenters. The molecule has 0 bridgehead atoms. The molecule has 0 aromatic carbocycles. The van der Waals surface area contributed by atoms with Crippen LogP contribution in [0.3, 0.4) is 0 Å². The van der Waals surface area contributed by atoms with Crippen molar-refractivity contribution >= 4 is 5.78 Å². The number of halogens is 1. The number of pyridine rings is 1. The van der Waals surface area contributed by atoms with Crippen LogP contribution < -0.4 is 0 Å². The van der Waals surface area contributed by atoms with Gasteiger partial charge in [-0.05, 0) is 39.8 Å². The van der Waals surface area contributed by atoms with E-state index in [1.165, 1.54) is 12.1 Å². The molecule has 0 aliphatic carbocycles. The molecule has 1 saturated heterocycles. The molecule has 0 atom stereocenters. The molecule has 1 aromatic rings. The Hall–Kier alpha value is -1.33. The van der Waals surface area contributed by atoms with Crippen LogP contribution in [0.5, 0.6) is 0 Å². The summed E-state index contributed by atoms with van der Waals surface area (Å²) in [5.41, 5.74) is -0.124. The smallest absolute Gasteiger partial charge is 0.182 e. The summed E-state index contributed by atoms with van der Waals surface area (Å²) in [6, 6.07) is 2.70. The van der Waals surface area contributed by atoms with Crippen molar-refractivity contribution in [2.24, 2.45) is 0 Å². The van der Waals surface area contributed by atoms with Crippen molar-refractivity contribution in [3.05, 3.63) is 29.8 Å². The highest BCUT2D eigenvalue weighted by Gasteiger charge is 2.37. The maximum Gasteiger partial charge on any atom is 0.182 e. The van der Waals surface area contributed by atoms with Crippen molar-refractivity contribution < 1.29 is 13.9 Å². The fraction of sp³-hybridized carbons (Fsp3) is 0.625. The number of Topliss-reactive ketones (excluding diaryl/α,β-unsaturated/α-hetero) is 1. The lowest BCUT2D eigenvalue weighted by atomic mass is 9.98. The number of carbonyl (C=O) groups is 1. The standard InChI is InChI=1S/C16H23FN2O2/c1-15(2)10-19(11-16(3,4)21-15)8-7-14(20)13-6-5-12(17)9-18-13/h5-6,9H,7-8,10-11H2,1-4H3. The maximum atomic E-state index is 12.8. The average molecular weight is 294 g/mol. The highest BCUT2D eigenvalue weighted by Crippen LogP contribution is 2.28. The number of rotatable bonds is 4. The molecule has 0 radical (unpaired) electrons. The first-order valence-electron chi connectivity index (χ1n) is 7.24. The fourth-order valence-electron chi connectivity index (χ4n) is 3.03. The SMILES string of the molecule is CC1(C)CN(CCC(=O)c2ccc(F)cn2)CC(C)(C)O1. The van der Waals surface area contributed by atoms with Crippen LogP contribution in [0.25, 0.3) is 0 Å². The van der Waals surface area contributed by atoms with Gasteiger partial charge in [-0.3, -0.25) is 14.7 Å². The first kappa shape index (κ1) is 16.0. The third kappa shape index (κ3) is 4.58. The van der Waals surface area contributed by atoms with Gasteiger partial charge < -0.3 is 4.74 Å². The molecule has 2 heterocycles. The number of hydrogen-bond donors (Lipinski definition) is 0. The molecule has 21 heavy (non-hydrogen) atoms. The highest BCUT2D eigenvalue weighted by atomic mass is 19.1. The molecule has 0 saturated carbocycles. The van der Waals surface area contributed by atoms with Crippen LogP contribution >= 0.6 is 0 Å². The molecular formula is C16H23FN2O2. The zero-order valence-corrected chi connectivity index (χ0v) is 13.1. The van der Waals surface area contributed by atoms with Gasteiger partial charge in [-0.2, -0.15) is 0 Å². The summed E-state index contributed by atoms with van der Waals surface area (Å²) in [5, 5.41) is 0. The Kier molecular flexibility index (Phi) is 4.44. The summed E-state index contributed by atoms with van der Waals surface area (Å²) >= 11 is 0. The van der Waals surface area contributed by atoms with Crippen LogP contribution in [0.1, 0.15) is 44.6 Å². The number of aromatic nitrogens is 1. The van der Waals surface area contributed by atoms with Gasteiger partial charge in [0.05, 0.1) is 17.4 Å². The number of ketones is 1. The minimum Gasteiger partial charge on any atom is -0.367 e. The molecule has 0 spiro atoms. The van der Waals surface area contributed by atoms with Gasteiger partial charge in [-0.25, -0.2) is 4.39 Å². The van der Waals surface area contributed by atoms with Gasteiger partial charge in [-0.1, -0.05) is 0 Å². The first-order valence-corrected chi connectivity index (χ1v) is 7.24. The predicted molar refractivity (Wildman–Crippen MR) is 78.8 cm³/mol. The second-order valence-electron chi connectivity index (χ2n) is 6.87. The molecule has 1 aliphatic heterocycles. The molecule has 116 valence electrons. The zero-order valence-electron chi connectivity index (χ0n) is 13.1. The normalized spacial score (nSPS) is 21.2. The monoisotopic (exact) mass is 294 g/mol. The minimum absolute atomic E-state index is 0.0582. The van der Waals surface area contributed by atoms with Gasteiger partial charge in [0.25, 0.3) is 0 Å². The minimum atomic E-state index is -0.428. The quantitative estimate of drug-likeness (QED) is 0.801. The van der Waals surface area contributed by atoms with Crippen LogP contribution in [0.2, 0.25) is 0 Å². The zero-order chi connectivity index (χ0) is 15.7. The molecular weight excluding hydrogens is 271 g/mol. The largest absolute Gasteiger partial charge is 0.367 e.